The Kier molecular flexibility index (Phi) is 7.26. The molecule has 2 aliphatic carbocycles. The maximum atomic E-state index is 13.1. The SMILES string of the molecule is CCC(CC)(OC(=O)COC(=O)C1(C(C)(C)C)C(C)CC1C)C1CCCCC1. The third kappa shape index (κ3) is 3.98. The molecule has 0 aromatic carbocycles. The molecule has 0 aromatic rings. The summed E-state index contributed by atoms with van der Waals surface area (Å²) in [4.78, 5) is 25.8. The molecule has 2 unspecified atom stereocenters. The fourth-order valence-corrected chi connectivity index (χ4v) is 6.60. The molecule has 0 N–H and O–H groups in total. The van der Waals surface area contributed by atoms with E-state index in [-0.39, 0.29) is 29.8 Å². The van der Waals surface area contributed by atoms with Crippen LogP contribution in [0.25, 0.3) is 0 Å². The molecule has 0 saturated heterocycles. The smallest absolute Gasteiger partial charge is 0.344 e. The van der Waals surface area contributed by atoms with Crippen LogP contribution in [0.5, 0.6) is 0 Å². The minimum atomic E-state index is -0.525. The monoisotopic (exact) mass is 394 g/mol. The van der Waals surface area contributed by atoms with Gasteiger partial charge in [-0.05, 0) is 55.3 Å². The number of carbonyl (C=O) groups is 2. The summed E-state index contributed by atoms with van der Waals surface area (Å²) in [6.45, 7) is 14.5. The highest BCUT2D eigenvalue weighted by Gasteiger charge is 2.63. The largest absolute Gasteiger partial charge is 0.456 e. The maximum absolute atomic E-state index is 13.1. The van der Waals surface area contributed by atoms with E-state index in [0.717, 1.165) is 32.1 Å². The molecule has 0 aliphatic heterocycles. The first kappa shape index (κ1) is 23.2. The fraction of sp³-hybridized carbons (Fsp3) is 0.917. The van der Waals surface area contributed by atoms with Crippen molar-refractivity contribution in [3.05, 3.63) is 0 Å². The van der Waals surface area contributed by atoms with Gasteiger partial charge in [0.2, 0.25) is 0 Å². The molecule has 0 heterocycles. The Bertz CT molecular complexity index is 541. The molecule has 2 saturated carbocycles. The normalized spacial score (nSPS) is 29.1. The van der Waals surface area contributed by atoms with Crippen LogP contribution in [0.1, 0.15) is 99.8 Å². The Labute approximate surface area is 172 Å². The molecule has 4 nitrogen and oxygen atoms in total. The molecule has 4 heteroatoms. The van der Waals surface area contributed by atoms with Gasteiger partial charge < -0.3 is 9.47 Å². The highest BCUT2D eigenvalue weighted by molar-refractivity contribution is 5.82. The second kappa shape index (κ2) is 8.75. The van der Waals surface area contributed by atoms with E-state index in [1.165, 1.54) is 19.3 Å². The number of carbonyl (C=O) groups excluding carboxylic acids is 2. The molecule has 28 heavy (non-hydrogen) atoms. The average molecular weight is 395 g/mol. The van der Waals surface area contributed by atoms with Crippen LogP contribution in [0.15, 0.2) is 0 Å². The Morgan fingerprint density at radius 2 is 1.50 bits per heavy atom. The molecule has 2 aliphatic rings. The van der Waals surface area contributed by atoms with Crippen molar-refractivity contribution < 1.29 is 19.1 Å². The number of hydrogen-bond acceptors (Lipinski definition) is 4. The third-order valence-electron chi connectivity index (χ3n) is 8.02. The molecule has 0 amide bonds. The van der Waals surface area contributed by atoms with Crippen LogP contribution in [0.3, 0.4) is 0 Å². The van der Waals surface area contributed by atoms with Crippen molar-refractivity contribution in [3.63, 3.8) is 0 Å². The molecule has 0 spiro atoms. The Morgan fingerprint density at radius 3 is 1.93 bits per heavy atom. The Morgan fingerprint density at radius 1 is 0.964 bits per heavy atom. The van der Waals surface area contributed by atoms with E-state index in [1.54, 1.807) is 0 Å². The number of ether oxygens (including phenoxy) is 2. The topological polar surface area (TPSA) is 52.6 Å². The standard InChI is InChI=1S/C24H42O4/c1-8-23(9-2,19-13-11-10-12-14-19)28-20(25)16-27-21(26)24(22(5,6)7)17(3)15-18(24)4/h17-19H,8-16H2,1-7H3. The number of rotatable bonds is 7. The second-order valence-electron chi connectivity index (χ2n) is 10.3. The van der Waals surface area contributed by atoms with E-state index in [2.05, 4.69) is 48.5 Å². The minimum Gasteiger partial charge on any atom is -0.456 e. The summed E-state index contributed by atoms with van der Waals surface area (Å²) < 4.78 is 11.6. The van der Waals surface area contributed by atoms with Gasteiger partial charge in [0.25, 0.3) is 0 Å². The maximum Gasteiger partial charge on any atom is 0.344 e. The van der Waals surface area contributed by atoms with Gasteiger partial charge in [0, 0.05) is 0 Å². The lowest BCUT2D eigenvalue weighted by Gasteiger charge is -2.58. The van der Waals surface area contributed by atoms with Crippen molar-refractivity contribution in [2.75, 3.05) is 6.61 Å². The number of hydrogen-bond donors (Lipinski definition) is 0. The zero-order valence-electron chi connectivity index (χ0n) is 19.2. The summed E-state index contributed by atoms with van der Waals surface area (Å²) in [7, 11) is 0. The van der Waals surface area contributed by atoms with Gasteiger partial charge in [-0.3, -0.25) is 4.79 Å². The van der Waals surface area contributed by atoms with Gasteiger partial charge >= 0.3 is 11.9 Å². The summed E-state index contributed by atoms with van der Waals surface area (Å²) in [5.41, 5.74) is -1.14. The first-order chi connectivity index (χ1) is 13.0. The molecule has 2 fully saturated rings. The summed E-state index contributed by atoms with van der Waals surface area (Å²) in [5, 5.41) is 0. The first-order valence-corrected chi connectivity index (χ1v) is 11.4. The summed E-state index contributed by atoms with van der Waals surface area (Å²) in [6, 6.07) is 0. The van der Waals surface area contributed by atoms with Crippen LogP contribution in [0.4, 0.5) is 0 Å². The van der Waals surface area contributed by atoms with Gasteiger partial charge in [-0.25, -0.2) is 4.79 Å². The lowest BCUT2D eigenvalue weighted by atomic mass is 9.44. The van der Waals surface area contributed by atoms with Crippen LogP contribution in [-0.2, 0) is 19.1 Å². The molecule has 162 valence electrons. The van der Waals surface area contributed by atoms with Gasteiger partial charge in [-0.2, -0.15) is 0 Å². The molecule has 0 aromatic heterocycles. The highest BCUT2D eigenvalue weighted by Crippen LogP contribution is 2.61. The minimum absolute atomic E-state index is 0.205. The van der Waals surface area contributed by atoms with Crippen molar-refractivity contribution in [3.8, 4) is 0 Å². The fourth-order valence-electron chi connectivity index (χ4n) is 6.60. The predicted molar refractivity (Wildman–Crippen MR) is 112 cm³/mol. The van der Waals surface area contributed by atoms with Crippen LogP contribution in [0.2, 0.25) is 0 Å². The van der Waals surface area contributed by atoms with Crippen LogP contribution >= 0.6 is 0 Å². The molecule has 0 bridgehead atoms. The Balaban J connectivity index is 2.03. The van der Waals surface area contributed by atoms with E-state index in [1.807, 2.05) is 0 Å². The highest BCUT2D eigenvalue weighted by atomic mass is 16.6. The average Bonchev–Trinajstić information content (AvgIpc) is 2.64. The van der Waals surface area contributed by atoms with E-state index < -0.39 is 17.0 Å². The van der Waals surface area contributed by atoms with Crippen molar-refractivity contribution >= 4 is 11.9 Å². The van der Waals surface area contributed by atoms with E-state index >= 15 is 0 Å². The Hall–Kier alpha value is -1.06. The van der Waals surface area contributed by atoms with Crippen molar-refractivity contribution in [1.82, 2.24) is 0 Å². The molecular weight excluding hydrogens is 352 g/mol. The van der Waals surface area contributed by atoms with Gasteiger partial charge in [0.15, 0.2) is 6.61 Å². The summed E-state index contributed by atoms with van der Waals surface area (Å²) in [6.07, 6.45) is 8.59. The quantitative estimate of drug-likeness (QED) is 0.503. The zero-order valence-corrected chi connectivity index (χ0v) is 19.2. The van der Waals surface area contributed by atoms with Crippen LogP contribution in [-0.4, -0.2) is 24.1 Å². The van der Waals surface area contributed by atoms with E-state index in [4.69, 9.17) is 9.47 Å². The van der Waals surface area contributed by atoms with E-state index in [0.29, 0.717) is 5.92 Å². The first-order valence-electron chi connectivity index (χ1n) is 11.4. The predicted octanol–water partition coefficient (Wildman–Crippen LogP) is 5.92. The molecule has 0 radical (unpaired) electrons. The zero-order chi connectivity index (χ0) is 21.2. The van der Waals surface area contributed by atoms with E-state index in [9.17, 15) is 9.59 Å². The van der Waals surface area contributed by atoms with Gasteiger partial charge in [0.1, 0.15) is 5.60 Å². The molecule has 2 rings (SSSR count). The molecule has 2 atom stereocenters. The second-order valence-corrected chi connectivity index (χ2v) is 10.3. The van der Waals surface area contributed by atoms with Gasteiger partial charge in [-0.15, -0.1) is 0 Å². The van der Waals surface area contributed by atoms with Crippen molar-refractivity contribution in [2.24, 2.45) is 28.6 Å². The summed E-state index contributed by atoms with van der Waals surface area (Å²) in [5.74, 6) is 0.312. The number of esters is 2. The summed E-state index contributed by atoms with van der Waals surface area (Å²) >= 11 is 0. The lowest BCUT2D eigenvalue weighted by molar-refractivity contribution is -0.202. The van der Waals surface area contributed by atoms with Crippen LogP contribution < -0.4 is 0 Å². The third-order valence-corrected chi connectivity index (χ3v) is 8.02. The van der Waals surface area contributed by atoms with Crippen molar-refractivity contribution in [2.45, 2.75) is 105 Å². The van der Waals surface area contributed by atoms with Gasteiger partial charge in [-0.1, -0.05) is 67.7 Å². The lowest BCUT2D eigenvalue weighted by Crippen LogP contribution is -2.60. The molecular formula is C24H42O4. The van der Waals surface area contributed by atoms with Crippen LogP contribution in [0, 0.1) is 28.6 Å². The van der Waals surface area contributed by atoms with Gasteiger partial charge in [0.05, 0.1) is 5.41 Å². The van der Waals surface area contributed by atoms with Crippen molar-refractivity contribution in [1.29, 1.82) is 0 Å².